The zero-order valence-corrected chi connectivity index (χ0v) is 17.3. The molecule has 2 aromatic heterocycles. The van der Waals surface area contributed by atoms with Crippen LogP contribution < -0.4 is 10.1 Å². The lowest BCUT2D eigenvalue weighted by molar-refractivity contribution is 0.101. The van der Waals surface area contributed by atoms with E-state index >= 15 is 0 Å². The van der Waals surface area contributed by atoms with Crippen molar-refractivity contribution >= 4 is 22.9 Å². The number of ether oxygens (including phenoxy) is 1. The fourth-order valence-corrected chi connectivity index (χ4v) is 3.75. The Bertz CT molecular complexity index is 1180. The quantitative estimate of drug-likeness (QED) is 0.736. The lowest BCUT2D eigenvalue weighted by Crippen LogP contribution is -2.27. The van der Waals surface area contributed by atoms with Crippen molar-refractivity contribution in [3.05, 3.63) is 34.6 Å². The molecular weight excluding hydrogens is 368 g/mol. The zero-order chi connectivity index (χ0) is 20.9. The summed E-state index contributed by atoms with van der Waals surface area (Å²) in [6.45, 7) is 11.7. The number of carbonyl (C=O) groups is 1. The topological polar surface area (TPSA) is 97.8 Å². The van der Waals surface area contributed by atoms with Crippen molar-refractivity contribution in [3.63, 3.8) is 0 Å². The lowest BCUT2D eigenvalue weighted by Gasteiger charge is -2.23. The summed E-state index contributed by atoms with van der Waals surface area (Å²) < 4.78 is 9.68. The Balaban J connectivity index is 1.84. The standard InChI is InChI=1S/C21H24N6O2/c1-6-27-17(12(2)13(3)25-27)19(28)24-20-23-15-7-14(9-22)8-16-18(15)26(20)10-21(4,5)11-29-16/h7-8H,6,10-11H2,1-5H3,(H,23,24,28). The third kappa shape index (κ3) is 3.12. The van der Waals surface area contributed by atoms with Gasteiger partial charge in [-0.1, -0.05) is 13.8 Å². The van der Waals surface area contributed by atoms with Crippen LogP contribution in [0.1, 0.15) is 48.1 Å². The van der Waals surface area contributed by atoms with Gasteiger partial charge < -0.3 is 9.30 Å². The summed E-state index contributed by atoms with van der Waals surface area (Å²) >= 11 is 0. The van der Waals surface area contributed by atoms with Crippen LogP contribution >= 0.6 is 0 Å². The molecule has 0 atom stereocenters. The molecule has 1 aromatic carbocycles. The summed E-state index contributed by atoms with van der Waals surface area (Å²) in [4.78, 5) is 17.8. The van der Waals surface area contributed by atoms with Gasteiger partial charge in [0, 0.05) is 30.1 Å². The fraction of sp³-hybridized carbons (Fsp3) is 0.429. The van der Waals surface area contributed by atoms with Gasteiger partial charge in [-0.15, -0.1) is 0 Å². The molecule has 0 radical (unpaired) electrons. The Kier molecular flexibility index (Phi) is 4.34. The molecule has 0 spiro atoms. The second kappa shape index (κ2) is 6.62. The molecule has 1 aliphatic heterocycles. The third-order valence-corrected chi connectivity index (χ3v) is 5.31. The van der Waals surface area contributed by atoms with E-state index in [0.717, 1.165) is 16.8 Å². The van der Waals surface area contributed by atoms with Gasteiger partial charge in [0.2, 0.25) is 5.95 Å². The number of nitriles is 1. The molecule has 0 saturated heterocycles. The first-order valence-corrected chi connectivity index (χ1v) is 9.66. The number of rotatable bonds is 3. The molecule has 1 N–H and O–H groups in total. The van der Waals surface area contributed by atoms with Gasteiger partial charge in [0.1, 0.15) is 17.0 Å². The van der Waals surface area contributed by atoms with E-state index in [2.05, 4.69) is 35.3 Å². The Hall–Kier alpha value is -3.34. The molecule has 0 saturated carbocycles. The maximum absolute atomic E-state index is 13.1. The largest absolute Gasteiger partial charge is 0.491 e. The molecule has 150 valence electrons. The van der Waals surface area contributed by atoms with Crippen molar-refractivity contribution in [1.29, 1.82) is 5.26 Å². The van der Waals surface area contributed by atoms with Gasteiger partial charge in [-0.25, -0.2) is 4.98 Å². The molecule has 4 rings (SSSR count). The highest BCUT2D eigenvalue weighted by Gasteiger charge is 2.30. The van der Waals surface area contributed by atoms with Crippen molar-refractivity contribution < 1.29 is 9.53 Å². The van der Waals surface area contributed by atoms with E-state index in [4.69, 9.17) is 4.74 Å². The van der Waals surface area contributed by atoms with Crippen molar-refractivity contribution in [2.45, 2.75) is 47.7 Å². The van der Waals surface area contributed by atoms with E-state index in [-0.39, 0.29) is 11.3 Å². The van der Waals surface area contributed by atoms with E-state index in [9.17, 15) is 10.1 Å². The smallest absolute Gasteiger partial charge is 0.276 e. The number of nitrogens with zero attached hydrogens (tertiary/aromatic N) is 5. The van der Waals surface area contributed by atoms with Crippen molar-refractivity contribution in [3.8, 4) is 11.8 Å². The van der Waals surface area contributed by atoms with Crippen LogP contribution in [0.2, 0.25) is 0 Å². The number of hydrogen-bond acceptors (Lipinski definition) is 5. The van der Waals surface area contributed by atoms with Gasteiger partial charge in [0.05, 0.1) is 29.5 Å². The van der Waals surface area contributed by atoms with Gasteiger partial charge in [0.15, 0.2) is 0 Å². The van der Waals surface area contributed by atoms with Crippen LogP contribution in [0.3, 0.4) is 0 Å². The summed E-state index contributed by atoms with van der Waals surface area (Å²) in [6.07, 6.45) is 0. The van der Waals surface area contributed by atoms with E-state index in [1.165, 1.54) is 0 Å². The first-order chi connectivity index (χ1) is 13.7. The van der Waals surface area contributed by atoms with Crippen LogP contribution in [0.15, 0.2) is 12.1 Å². The van der Waals surface area contributed by atoms with Gasteiger partial charge in [0.25, 0.3) is 5.91 Å². The van der Waals surface area contributed by atoms with Gasteiger partial charge in [-0.3, -0.25) is 14.8 Å². The normalized spacial score (nSPS) is 14.9. The fourth-order valence-electron chi connectivity index (χ4n) is 3.75. The summed E-state index contributed by atoms with van der Waals surface area (Å²) in [6, 6.07) is 5.60. The first kappa shape index (κ1) is 19.0. The molecule has 0 aliphatic carbocycles. The summed E-state index contributed by atoms with van der Waals surface area (Å²) in [5.74, 6) is 0.811. The Morgan fingerprint density at radius 2 is 2.14 bits per heavy atom. The molecule has 29 heavy (non-hydrogen) atoms. The second-order valence-corrected chi connectivity index (χ2v) is 8.26. The van der Waals surface area contributed by atoms with Crippen LogP contribution in [0.5, 0.6) is 5.75 Å². The zero-order valence-electron chi connectivity index (χ0n) is 17.3. The minimum atomic E-state index is -0.249. The van der Waals surface area contributed by atoms with Crippen molar-refractivity contribution in [2.75, 3.05) is 11.9 Å². The number of anilines is 1. The predicted octanol–water partition coefficient (Wildman–Crippen LogP) is 3.41. The van der Waals surface area contributed by atoms with Gasteiger partial charge in [-0.05, 0) is 26.8 Å². The number of imidazole rings is 1. The molecule has 8 heteroatoms. The highest BCUT2D eigenvalue weighted by Crippen LogP contribution is 2.37. The molecule has 8 nitrogen and oxygen atoms in total. The minimum Gasteiger partial charge on any atom is -0.491 e. The SMILES string of the molecule is CCn1nc(C)c(C)c1C(=O)Nc1nc2cc(C#N)cc3c2n1CC(C)(C)CO3. The van der Waals surface area contributed by atoms with Gasteiger partial charge in [-0.2, -0.15) is 10.4 Å². The van der Waals surface area contributed by atoms with Crippen LogP contribution in [-0.4, -0.2) is 31.8 Å². The highest BCUT2D eigenvalue weighted by atomic mass is 16.5. The summed E-state index contributed by atoms with van der Waals surface area (Å²) in [5.41, 5.74) is 3.95. The van der Waals surface area contributed by atoms with E-state index in [1.54, 1.807) is 16.8 Å². The Morgan fingerprint density at radius 1 is 1.38 bits per heavy atom. The number of nitrogens with one attached hydrogen (secondary N) is 1. The molecule has 3 heterocycles. The third-order valence-electron chi connectivity index (χ3n) is 5.31. The van der Waals surface area contributed by atoms with Crippen LogP contribution in [-0.2, 0) is 13.1 Å². The van der Waals surface area contributed by atoms with E-state index in [1.807, 2.05) is 25.3 Å². The maximum Gasteiger partial charge on any atom is 0.276 e. The Morgan fingerprint density at radius 3 is 2.83 bits per heavy atom. The number of aryl methyl sites for hydroxylation is 2. The van der Waals surface area contributed by atoms with Gasteiger partial charge >= 0.3 is 0 Å². The molecule has 0 fully saturated rings. The molecule has 3 aromatic rings. The van der Waals surface area contributed by atoms with Crippen LogP contribution in [0, 0.1) is 30.6 Å². The molecule has 1 amide bonds. The maximum atomic E-state index is 13.1. The number of hydrogen-bond donors (Lipinski definition) is 1. The molecule has 1 aliphatic rings. The predicted molar refractivity (Wildman–Crippen MR) is 109 cm³/mol. The highest BCUT2D eigenvalue weighted by molar-refractivity contribution is 6.04. The molecule has 0 bridgehead atoms. The average Bonchev–Trinajstić information content (AvgIpc) is 3.10. The summed E-state index contributed by atoms with van der Waals surface area (Å²) in [5, 5.41) is 16.8. The summed E-state index contributed by atoms with van der Waals surface area (Å²) in [7, 11) is 0. The first-order valence-electron chi connectivity index (χ1n) is 9.66. The number of aromatic nitrogens is 4. The number of benzene rings is 1. The van der Waals surface area contributed by atoms with Crippen LogP contribution in [0.25, 0.3) is 11.0 Å². The average molecular weight is 392 g/mol. The van der Waals surface area contributed by atoms with Crippen LogP contribution in [0.4, 0.5) is 5.95 Å². The van der Waals surface area contributed by atoms with Crippen molar-refractivity contribution in [1.82, 2.24) is 19.3 Å². The Labute approximate surface area is 169 Å². The number of carbonyl (C=O) groups excluding carboxylic acids is 1. The second-order valence-electron chi connectivity index (χ2n) is 8.26. The van der Waals surface area contributed by atoms with E-state index in [0.29, 0.717) is 48.2 Å². The minimum absolute atomic E-state index is 0.170. The molecule has 0 unspecified atom stereocenters. The van der Waals surface area contributed by atoms with E-state index < -0.39 is 0 Å². The molecular formula is C21H24N6O2. The van der Waals surface area contributed by atoms with Crippen molar-refractivity contribution in [2.24, 2.45) is 5.41 Å². The number of amides is 1. The lowest BCUT2D eigenvalue weighted by atomic mass is 9.95. The monoisotopic (exact) mass is 392 g/mol.